The van der Waals surface area contributed by atoms with E-state index in [2.05, 4.69) is 0 Å². The highest BCUT2D eigenvalue weighted by molar-refractivity contribution is 8.00. The van der Waals surface area contributed by atoms with E-state index < -0.39 is 11.2 Å². The van der Waals surface area contributed by atoms with Gasteiger partial charge in [0.25, 0.3) is 0 Å². The average Bonchev–Trinajstić information content (AvgIpc) is 2.18. The lowest BCUT2D eigenvalue weighted by molar-refractivity contribution is -0.136. The van der Waals surface area contributed by atoms with Crippen molar-refractivity contribution in [3.8, 4) is 0 Å². The summed E-state index contributed by atoms with van der Waals surface area (Å²) in [6.07, 6.45) is 0. The van der Waals surface area contributed by atoms with Gasteiger partial charge in [-0.05, 0) is 31.5 Å². The molecule has 0 aliphatic heterocycles. The molecule has 1 rings (SSSR count). The third-order valence-corrected chi connectivity index (χ3v) is 3.13. The van der Waals surface area contributed by atoms with Crippen molar-refractivity contribution in [2.24, 2.45) is 5.73 Å². The minimum absolute atomic E-state index is 0.0225. The van der Waals surface area contributed by atoms with E-state index in [0.29, 0.717) is 0 Å². The third kappa shape index (κ3) is 3.57. The molecule has 2 unspecified atom stereocenters. The number of benzene rings is 1. The first-order valence-corrected chi connectivity index (χ1v) is 5.63. The molecule has 0 radical (unpaired) electrons. The van der Waals surface area contributed by atoms with Crippen LogP contribution < -0.4 is 5.73 Å². The van der Waals surface area contributed by atoms with E-state index in [1.165, 1.54) is 11.8 Å². The number of aliphatic carboxylic acids is 1. The van der Waals surface area contributed by atoms with Crippen molar-refractivity contribution in [2.45, 2.75) is 30.0 Å². The van der Waals surface area contributed by atoms with Gasteiger partial charge in [0.15, 0.2) is 0 Å². The highest BCUT2D eigenvalue weighted by atomic mass is 32.2. The molecule has 0 aliphatic rings. The number of carboxylic acid groups (broad SMARTS) is 1. The fraction of sp³-hybridized carbons (Fsp3) is 0.364. The predicted octanol–water partition coefficient (Wildman–Crippen LogP) is 2.27. The summed E-state index contributed by atoms with van der Waals surface area (Å²) >= 11 is 1.33. The van der Waals surface area contributed by atoms with Crippen molar-refractivity contribution in [1.29, 1.82) is 0 Å². The van der Waals surface area contributed by atoms with E-state index >= 15 is 0 Å². The summed E-state index contributed by atoms with van der Waals surface area (Å²) in [5.41, 5.74) is 6.77. The van der Waals surface area contributed by atoms with Gasteiger partial charge in [-0.25, -0.2) is 0 Å². The van der Waals surface area contributed by atoms with Gasteiger partial charge in [-0.3, -0.25) is 4.79 Å². The fourth-order valence-electron chi connectivity index (χ4n) is 1.13. The van der Waals surface area contributed by atoms with Crippen LogP contribution in [0.1, 0.15) is 25.5 Å². The zero-order valence-electron chi connectivity index (χ0n) is 8.81. The Kier molecular flexibility index (Phi) is 4.17. The van der Waals surface area contributed by atoms with Crippen molar-refractivity contribution in [3.63, 3.8) is 0 Å². The molecule has 1 aromatic carbocycles. The van der Waals surface area contributed by atoms with Crippen LogP contribution in [0.15, 0.2) is 29.2 Å². The quantitative estimate of drug-likeness (QED) is 0.772. The summed E-state index contributed by atoms with van der Waals surface area (Å²) in [5, 5.41) is 8.34. The van der Waals surface area contributed by atoms with Crippen LogP contribution in [0.25, 0.3) is 0 Å². The van der Waals surface area contributed by atoms with Gasteiger partial charge in [0, 0.05) is 10.9 Å². The molecule has 0 amide bonds. The number of thioether (sulfide) groups is 1. The van der Waals surface area contributed by atoms with Gasteiger partial charge in [0.05, 0.1) is 0 Å². The van der Waals surface area contributed by atoms with E-state index in [1.807, 2.05) is 31.2 Å². The Bertz CT molecular complexity index is 352. The SMILES string of the molecule is CC(Sc1cccc(C(C)N)c1)C(=O)O. The van der Waals surface area contributed by atoms with Crippen molar-refractivity contribution in [3.05, 3.63) is 29.8 Å². The molecule has 0 heterocycles. The molecule has 15 heavy (non-hydrogen) atoms. The summed E-state index contributed by atoms with van der Waals surface area (Å²) in [5.74, 6) is -0.800. The summed E-state index contributed by atoms with van der Waals surface area (Å²) in [4.78, 5) is 11.6. The maximum atomic E-state index is 10.7. The second-order valence-electron chi connectivity index (χ2n) is 3.46. The van der Waals surface area contributed by atoms with Crippen molar-refractivity contribution in [1.82, 2.24) is 0 Å². The molecule has 1 aromatic rings. The zero-order chi connectivity index (χ0) is 11.4. The van der Waals surface area contributed by atoms with Crippen LogP contribution in [0.3, 0.4) is 0 Å². The molecule has 0 saturated heterocycles. The van der Waals surface area contributed by atoms with Crippen LogP contribution in [0, 0.1) is 0 Å². The molecule has 0 saturated carbocycles. The highest BCUT2D eigenvalue weighted by Gasteiger charge is 2.12. The summed E-state index contributed by atoms with van der Waals surface area (Å²) < 4.78 is 0. The molecule has 0 aromatic heterocycles. The van der Waals surface area contributed by atoms with Crippen LogP contribution in [-0.2, 0) is 4.79 Å². The van der Waals surface area contributed by atoms with E-state index in [-0.39, 0.29) is 6.04 Å². The van der Waals surface area contributed by atoms with E-state index in [0.717, 1.165) is 10.5 Å². The van der Waals surface area contributed by atoms with Gasteiger partial charge in [-0.15, -0.1) is 11.8 Å². The predicted molar refractivity (Wildman–Crippen MR) is 62.0 cm³/mol. The topological polar surface area (TPSA) is 63.3 Å². The Morgan fingerprint density at radius 1 is 1.47 bits per heavy atom. The molecule has 0 bridgehead atoms. The van der Waals surface area contributed by atoms with Gasteiger partial charge in [0.1, 0.15) is 5.25 Å². The smallest absolute Gasteiger partial charge is 0.316 e. The summed E-state index contributed by atoms with van der Waals surface area (Å²) in [7, 11) is 0. The maximum Gasteiger partial charge on any atom is 0.316 e. The van der Waals surface area contributed by atoms with Gasteiger partial charge in [-0.1, -0.05) is 12.1 Å². The van der Waals surface area contributed by atoms with Gasteiger partial charge >= 0.3 is 5.97 Å². The molecule has 3 N–H and O–H groups in total. The number of carboxylic acids is 1. The molecular formula is C11H15NO2S. The maximum absolute atomic E-state index is 10.7. The molecule has 3 nitrogen and oxygen atoms in total. The van der Waals surface area contributed by atoms with Crippen LogP contribution in [-0.4, -0.2) is 16.3 Å². The number of nitrogens with two attached hydrogens (primary N) is 1. The fourth-order valence-corrected chi connectivity index (χ4v) is 2.00. The molecule has 82 valence electrons. The standard InChI is InChI=1S/C11H15NO2S/c1-7(12)9-4-3-5-10(6-9)15-8(2)11(13)14/h3-8H,12H2,1-2H3,(H,13,14). The first-order valence-electron chi connectivity index (χ1n) is 4.75. The van der Waals surface area contributed by atoms with Crippen molar-refractivity contribution in [2.75, 3.05) is 0 Å². The van der Waals surface area contributed by atoms with E-state index in [1.54, 1.807) is 6.92 Å². The second kappa shape index (κ2) is 5.19. The minimum atomic E-state index is -0.800. The van der Waals surface area contributed by atoms with Crippen LogP contribution in [0.2, 0.25) is 0 Å². The molecule has 2 atom stereocenters. The average molecular weight is 225 g/mol. The summed E-state index contributed by atoms with van der Waals surface area (Å²) in [6, 6.07) is 7.66. The number of rotatable bonds is 4. The van der Waals surface area contributed by atoms with Gasteiger partial charge < -0.3 is 10.8 Å². The number of carbonyl (C=O) groups is 1. The van der Waals surface area contributed by atoms with E-state index in [9.17, 15) is 4.79 Å². The van der Waals surface area contributed by atoms with Crippen molar-refractivity contribution < 1.29 is 9.90 Å². The molecular weight excluding hydrogens is 210 g/mol. The Labute approximate surface area is 93.7 Å². The Hall–Kier alpha value is -1.00. The van der Waals surface area contributed by atoms with E-state index in [4.69, 9.17) is 10.8 Å². The third-order valence-electron chi connectivity index (χ3n) is 2.04. The zero-order valence-corrected chi connectivity index (χ0v) is 9.62. The first kappa shape index (κ1) is 12.1. The van der Waals surface area contributed by atoms with Crippen LogP contribution in [0.5, 0.6) is 0 Å². The normalized spacial score (nSPS) is 14.6. The van der Waals surface area contributed by atoms with Crippen LogP contribution in [0.4, 0.5) is 0 Å². The highest BCUT2D eigenvalue weighted by Crippen LogP contribution is 2.25. The minimum Gasteiger partial charge on any atom is -0.480 e. The lowest BCUT2D eigenvalue weighted by atomic mass is 10.1. The lowest BCUT2D eigenvalue weighted by Gasteiger charge is -2.09. The number of hydrogen-bond acceptors (Lipinski definition) is 3. The Balaban J connectivity index is 2.78. The molecule has 0 fully saturated rings. The number of hydrogen-bond donors (Lipinski definition) is 2. The molecule has 0 aliphatic carbocycles. The second-order valence-corrected chi connectivity index (χ2v) is 4.87. The lowest BCUT2D eigenvalue weighted by Crippen LogP contribution is -2.11. The van der Waals surface area contributed by atoms with Gasteiger partial charge in [-0.2, -0.15) is 0 Å². The first-order chi connectivity index (χ1) is 7.00. The monoisotopic (exact) mass is 225 g/mol. The molecule has 0 spiro atoms. The van der Waals surface area contributed by atoms with Gasteiger partial charge in [0.2, 0.25) is 0 Å². The largest absolute Gasteiger partial charge is 0.480 e. The van der Waals surface area contributed by atoms with Crippen LogP contribution >= 0.6 is 11.8 Å². The summed E-state index contributed by atoms with van der Waals surface area (Å²) in [6.45, 7) is 3.58. The molecule has 4 heteroatoms. The Morgan fingerprint density at radius 2 is 2.13 bits per heavy atom. The Morgan fingerprint density at radius 3 is 2.67 bits per heavy atom. The van der Waals surface area contributed by atoms with Crippen molar-refractivity contribution >= 4 is 17.7 Å².